The molecule has 0 saturated carbocycles. The summed E-state index contributed by atoms with van der Waals surface area (Å²) in [6, 6.07) is 9.03. The molecule has 0 aliphatic carbocycles. The number of carbonyl (C=O) groups excluding carboxylic acids is 2. The lowest BCUT2D eigenvalue weighted by molar-refractivity contribution is -0.148. The van der Waals surface area contributed by atoms with E-state index in [9.17, 15) is 9.59 Å². The first-order valence-corrected chi connectivity index (χ1v) is 9.46. The molecule has 27 heavy (non-hydrogen) atoms. The molecule has 0 radical (unpaired) electrons. The molecule has 1 aliphatic heterocycles. The van der Waals surface area contributed by atoms with E-state index >= 15 is 0 Å². The Morgan fingerprint density at radius 3 is 2.44 bits per heavy atom. The van der Waals surface area contributed by atoms with E-state index < -0.39 is 28.5 Å². The Morgan fingerprint density at radius 1 is 1.19 bits per heavy atom. The summed E-state index contributed by atoms with van der Waals surface area (Å²) in [4.78, 5) is 25.8. The van der Waals surface area contributed by atoms with Crippen LogP contribution in [0.4, 0.5) is 4.79 Å². The zero-order valence-electron chi connectivity index (χ0n) is 14.9. The van der Waals surface area contributed by atoms with E-state index in [1.807, 2.05) is 36.4 Å². The molecule has 1 aromatic carbocycles. The van der Waals surface area contributed by atoms with Gasteiger partial charge in [0, 0.05) is 6.20 Å². The number of halogens is 3. The third-order valence-corrected chi connectivity index (χ3v) is 3.89. The van der Waals surface area contributed by atoms with Crippen molar-refractivity contribution in [3.8, 4) is 0 Å². The molecule has 0 bridgehead atoms. The number of nitrogens with zero attached hydrogens (tertiary/aromatic N) is 1. The van der Waals surface area contributed by atoms with Crippen LogP contribution in [0.2, 0.25) is 0 Å². The van der Waals surface area contributed by atoms with Gasteiger partial charge in [-0.15, -0.1) is 0 Å². The summed E-state index contributed by atoms with van der Waals surface area (Å²) in [6.07, 6.45) is 4.13. The van der Waals surface area contributed by atoms with Gasteiger partial charge in [-0.05, 0) is 31.1 Å². The molecular formula is C19H20Cl3NO4. The van der Waals surface area contributed by atoms with Crippen LogP contribution in [-0.2, 0) is 14.3 Å². The van der Waals surface area contributed by atoms with Gasteiger partial charge >= 0.3 is 12.1 Å². The van der Waals surface area contributed by atoms with Gasteiger partial charge in [-0.1, -0.05) is 71.2 Å². The third-order valence-electron chi connectivity index (χ3n) is 3.56. The van der Waals surface area contributed by atoms with E-state index in [2.05, 4.69) is 0 Å². The fraction of sp³-hybridized carbons (Fsp3) is 0.368. The minimum atomic E-state index is -1.72. The van der Waals surface area contributed by atoms with Crippen LogP contribution in [0.3, 0.4) is 0 Å². The van der Waals surface area contributed by atoms with Gasteiger partial charge in [0.15, 0.2) is 0 Å². The lowest BCUT2D eigenvalue weighted by Crippen LogP contribution is -2.39. The van der Waals surface area contributed by atoms with Crippen LogP contribution in [0.15, 0.2) is 48.7 Å². The van der Waals surface area contributed by atoms with E-state index in [0.29, 0.717) is 0 Å². The highest BCUT2D eigenvalue weighted by atomic mass is 35.6. The Labute approximate surface area is 173 Å². The van der Waals surface area contributed by atoms with Gasteiger partial charge in [0.05, 0.1) is 18.6 Å². The Bertz CT molecular complexity index is 726. The lowest BCUT2D eigenvalue weighted by Gasteiger charge is -2.29. The minimum absolute atomic E-state index is 0.0261. The summed E-state index contributed by atoms with van der Waals surface area (Å²) in [5, 5.41) is 0. The predicted molar refractivity (Wildman–Crippen MR) is 107 cm³/mol. The van der Waals surface area contributed by atoms with Crippen molar-refractivity contribution in [1.29, 1.82) is 0 Å². The first-order valence-electron chi connectivity index (χ1n) is 8.32. The Kier molecular flexibility index (Phi) is 7.59. The minimum Gasteiger partial charge on any atom is -0.463 e. The molecule has 5 nitrogen and oxygen atoms in total. The predicted octanol–water partition coefficient (Wildman–Crippen LogP) is 5.12. The summed E-state index contributed by atoms with van der Waals surface area (Å²) < 4.78 is 8.52. The molecule has 1 aromatic rings. The van der Waals surface area contributed by atoms with Crippen molar-refractivity contribution in [2.45, 2.75) is 36.2 Å². The number of amides is 1. The molecule has 1 atom stereocenters. The van der Waals surface area contributed by atoms with Gasteiger partial charge in [-0.2, -0.15) is 0 Å². The molecule has 0 aromatic heterocycles. The fourth-order valence-corrected chi connectivity index (χ4v) is 2.65. The molecule has 1 heterocycles. The van der Waals surface area contributed by atoms with E-state index in [4.69, 9.17) is 44.3 Å². The van der Waals surface area contributed by atoms with Crippen molar-refractivity contribution in [2.75, 3.05) is 6.61 Å². The van der Waals surface area contributed by atoms with E-state index in [-0.39, 0.29) is 12.5 Å². The summed E-state index contributed by atoms with van der Waals surface area (Å²) >= 11 is 16.9. The van der Waals surface area contributed by atoms with Gasteiger partial charge in [0.25, 0.3) is 0 Å². The van der Waals surface area contributed by atoms with E-state index in [0.717, 1.165) is 11.1 Å². The molecule has 1 aliphatic rings. The van der Waals surface area contributed by atoms with Crippen LogP contribution in [0.5, 0.6) is 0 Å². The molecule has 0 saturated heterocycles. The number of esters is 1. The Hall–Kier alpha value is -1.69. The summed E-state index contributed by atoms with van der Waals surface area (Å²) in [7, 11) is 0. The normalized spacial score (nSPS) is 16.9. The van der Waals surface area contributed by atoms with Gasteiger partial charge in [-0.3, -0.25) is 9.69 Å². The number of rotatable bonds is 5. The highest BCUT2D eigenvalue weighted by Crippen LogP contribution is 2.28. The summed E-state index contributed by atoms with van der Waals surface area (Å²) in [5.74, 6) is -0.423. The maximum Gasteiger partial charge on any atom is 0.414 e. The smallest absolute Gasteiger partial charge is 0.414 e. The lowest BCUT2D eigenvalue weighted by atomic mass is 9.98. The van der Waals surface area contributed by atoms with E-state index in [1.165, 1.54) is 4.90 Å². The van der Waals surface area contributed by atoms with Crippen molar-refractivity contribution in [3.05, 3.63) is 54.2 Å². The molecule has 0 fully saturated rings. The zero-order valence-corrected chi connectivity index (χ0v) is 17.2. The monoisotopic (exact) mass is 431 g/mol. The van der Waals surface area contributed by atoms with Crippen molar-refractivity contribution >= 4 is 52.4 Å². The second-order valence-electron chi connectivity index (χ2n) is 6.19. The average Bonchev–Trinajstić information content (AvgIpc) is 2.59. The number of hydrogen-bond acceptors (Lipinski definition) is 4. The SMILES string of the molecule is CC(C)OC(=O)C[C@@H]1C=C(c2ccccc2)C=CN1C(=O)OCC(Cl)(Cl)Cl. The summed E-state index contributed by atoms with van der Waals surface area (Å²) in [6.45, 7) is 3.12. The Morgan fingerprint density at radius 2 is 1.85 bits per heavy atom. The molecule has 0 spiro atoms. The van der Waals surface area contributed by atoms with Crippen LogP contribution < -0.4 is 0 Å². The second-order valence-corrected chi connectivity index (χ2v) is 8.71. The van der Waals surface area contributed by atoms with Crippen LogP contribution >= 0.6 is 34.8 Å². The maximum absolute atomic E-state index is 12.4. The van der Waals surface area contributed by atoms with Crippen molar-refractivity contribution in [1.82, 2.24) is 4.90 Å². The Balaban J connectivity index is 2.20. The van der Waals surface area contributed by atoms with Crippen molar-refractivity contribution in [3.63, 3.8) is 0 Å². The van der Waals surface area contributed by atoms with Gasteiger partial charge < -0.3 is 9.47 Å². The van der Waals surface area contributed by atoms with Crippen molar-refractivity contribution < 1.29 is 19.1 Å². The van der Waals surface area contributed by atoms with Gasteiger partial charge in [0.1, 0.15) is 6.61 Å². The van der Waals surface area contributed by atoms with Gasteiger partial charge in [-0.25, -0.2) is 4.79 Å². The highest BCUT2D eigenvalue weighted by Gasteiger charge is 2.30. The maximum atomic E-state index is 12.4. The highest BCUT2D eigenvalue weighted by molar-refractivity contribution is 6.67. The molecule has 146 valence electrons. The number of benzene rings is 1. The third kappa shape index (κ3) is 7.09. The fourth-order valence-electron chi connectivity index (χ4n) is 2.49. The topological polar surface area (TPSA) is 55.8 Å². The molecule has 8 heteroatoms. The van der Waals surface area contributed by atoms with Crippen LogP contribution in [0.25, 0.3) is 5.57 Å². The number of ether oxygens (including phenoxy) is 2. The largest absolute Gasteiger partial charge is 0.463 e. The van der Waals surface area contributed by atoms with E-state index in [1.54, 1.807) is 26.1 Å². The molecular weight excluding hydrogens is 413 g/mol. The standard InChI is InChI=1S/C19H20Cl3NO4/c1-13(2)27-17(24)11-16-10-15(14-6-4-3-5-7-14)8-9-23(16)18(25)26-12-19(20,21)22/h3-10,13,16H,11-12H2,1-2H3/t16-/m0/s1. The average molecular weight is 433 g/mol. The molecule has 1 amide bonds. The van der Waals surface area contributed by atoms with Crippen LogP contribution in [0, 0.1) is 0 Å². The van der Waals surface area contributed by atoms with Crippen LogP contribution in [-0.4, -0.2) is 39.5 Å². The zero-order chi connectivity index (χ0) is 20.0. The number of allylic oxidation sites excluding steroid dienone is 2. The van der Waals surface area contributed by atoms with Gasteiger partial charge in [0.2, 0.25) is 3.79 Å². The molecule has 0 N–H and O–H groups in total. The quantitative estimate of drug-likeness (QED) is 0.479. The first kappa shape index (κ1) is 21.6. The first-order chi connectivity index (χ1) is 12.7. The molecule has 2 rings (SSSR count). The number of alkyl halides is 3. The number of hydrogen-bond donors (Lipinski definition) is 0. The summed E-state index contributed by atoms with van der Waals surface area (Å²) in [5.41, 5.74) is 1.84. The number of carbonyl (C=O) groups is 2. The molecule has 0 unspecified atom stereocenters. The van der Waals surface area contributed by atoms with Crippen molar-refractivity contribution in [2.24, 2.45) is 0 Å². The van der Waals surface area contributed by atoms with Crippen LogP contribution in [0.1, 0.15) is 25.8 Å². The second kappa shape index (κ2) is 9.49.